The van der Waals surface area contributed by atoms with Crippen molar-refractivity contribution in [2.75, 3.05) is 16.3 Å². The van der Waals surface area contributed by atoms with Gasteiger partial charge >= 0.3 is 0 Å². The number of aromatic hydroxyl groups is 1. The minimum atomic E-state index is -3.99. The molecule has 1 heterocycles. The highest BCUT2D eigenvalue weighted by atomic mass is 35.5. The molecule has 0 fully saturated rings. The van der Waals surface area contributed by atoms with E-state index in [0.29, 0.717) is 5.69 Å². The fourth-order valence-electron chi connectivity index (χ4n) is 2.26. The van der Waals surface area contributed by atoms with Crippen molar-refractivity contribution in [3.63, 3.8) is 0 Å². The molecule has 3 rings (SSSR count). The summed E-state index contributed by atoms with van der Waals surface area (Å²) in [7, 11) is -7.45. The molecule has 2 aromatic carbocycles. The van der Waals surface area contributed by atoms with Crippen LogP contribution in [-0.4, -0.2) is 34.2 Å². The minimum absolute atomic E-state index is 0.0535. The van der Waals surface area contributed by atoms with Crippen molar-refractivity contribution in [1.82, 2.24) is 4.72 Å². The van der Waals surface area contributed by atoms with Crippen LogP contribution in [0.15, 0.2) is 46.3 Å². The molecular weight excluding hydrogens is 404 g/mol. The van der Waals surface area contributed by atoms with Crippen LogP contribution >= 0.6 is 11.6 Å². The number of phenols is 1. The van der Waals surface area contributed by atoms with Gasteiger partial charge < -0.3 is 10.4 Å². The molecule has 138 valence electrons. The molecule has 0 amide bonds. The van der Waals surface area contributed by atoms with E-state index < -0.39 is 20.0 Å². The van der Waals surface area contributed by atoms with E-state index in [9.17, 15) is 21.9 Å². The van der Waals surface area contributed by atoms with Gasteiger partial charge in [0.15, 0.2) is 0 Å². The predicted molar refractivity (Wildman–Crippen MR) is 99.1 cm³/mol. The normalized spacial score (nSPS) is 15.4. The summed E-state index contributed by atoms with van der Waals surface area (Å²) in [6, 6.07) is 8.49. The van der Waals surface area contributed by atoms with Crippen molar-refractivity contribution in [2.45, 2.75) is 4.90 Å². The predicted octanol–water partition coefficient (Wildman–Crippen LogP) is 1.81. The molecule has 1 aliphatic heterocycles. The number of aliphatic imine (C=N–C) groups is 1. The first-order valence-corrected chi connectivity index (χ1v) is 10.8. The summed E-state index contributed by atoms with van der Waals surface area (Å²) in [4.78, 5) is 3.80. The quantitative estimate of drug-likeness (QED) is 0.602. The zero-order valence-corrected chi connectivity index (χ0v) is 15.6. The van der Waals surface area contributed by atoms with Crippen LogP contribution in [0.4, 0.5) is 17.1 Å². The molecule has 0 aliphatic carbocycles. The smallest absolute Gasteiger partial charge is 0.266 e. The first-order chi connectivity index (χ1) is 12.0. The van der Waals surface area contributed by atoms with Gasteiger partial charge in [-0.2, -0.15) is 0 Å². The largest absolute Gasteiger partial charge is 0.506 e. The van der Waals surface area contributed by atoms with Gasteiger partial charge in [0.2, 0.25) is 16.0 Å². The van der Waals surface area contributed by atoms with E-state index >= 15 is 0 Å². The number of hydrogen-bond donors (Lipinski definition) is 4. The van der Waals surface area contributed by atoms with Crippen molar-refractivity contribution in [2.24, 2.45) is 4.99 Å². The molecule has 0 saturated carbocycles. The molecule has 9 nitrogen and oxygen atoms in total. The third-order valence-electron chi connectivity index (χ3n) is 3.19. The highest BCUT2D eigenvalue weighted by Gasteiger charge is 2.28. The third-order valence-corrected chi connectivity index (χ3v) is 5.37. The van der Waals surface area contributed by atoms with E-state index in [4.69, 9.17) is 11.6 Å². The zero-order chi connectivity index (χ0) is 19.1. The number of halogens is 1. The van der Waals surface area contributed by atoms with Gasteiger partial charge in [-0.15, -0.1) is 0 Å². The van der Waals surface area contributed by atoms with E-state index in [1.807, 2.05) is 0 Å². The van der Waals surface area contributed by atoms with Crippen molar-refractivity contribution in [3.8, 4) is 5.75 Å². The Morgan fingerprint density at radius 3 is 2.58 bits per heavy atom. The average Bonchev–Trinajstić information content (AvgIpc) is 2.46. The molecule has 1 aliphatic rings. The summed E-state index contributed by atoms with van der Waals surface area (Å²) >= 11 is 5.77. The number of fused-ring (bicyclic) bond motifs is 1. The van der Waals surface area contributed by atoms with E-state index in [0.717, 1.165) is 6.26 Å². The van der Waals surface area contributed by atoms with Gasteiger partial charge in [0.25, 0.3) is 10.0 Å². The fraction of sp³-hybridized carbons (Fsp3) is 0.0714. The molecule has 4 N–H and O–H groups in total. The van der Waals surface area contributed by atoms with Crippen molar-refractivity contribution in [1.29, 1.82) is 0 Å². The lowest BCUT2D eigenvalue weighted by atomic mass is 10.3. The van der Waals surface area contributed by atoms with Crippen molar-refractivity contribution < 1.29 is 21.9 Å². The van der Waals surface area contributed by atoms with Gasteiger partial charge in [0.05, 0.1) is 11.9 Å². The summed E-state index contributed by atoms with van der Waals surface area (Å²) < 4.78 is 51.8. The van der Waals surface area contributed by atoms with Crippen LogP contribution in [0.25, 0.3) is 0 Å². The topological polar surface area (TPSA) is 137 Å². The maximum atomic E-state index is 12.3. The lowest BCUT2D eigenvalue weighted by Crippen LogP contribution is -2.38. The second-order valence-electron chi connectivity index (χ2n) is 5.42. The van der Waals surface area contributed by atoms with Gasteiger partial charge in [-0.1, -0.05) is 17.7 Å². The van der Waals surface area contributed by atoms with Gasteiger partial charge in [-0.05, 0) is 24.3 Å². The number of rotatable bonds is 3. The van der Waals surface area contributed by atoms with Crippen LogP contribution in [0.2, 0.25) is 5.02 Å². The number of benzene rings is 2. The number of nitrogens with zero attached hydrogens (tertiary/aromatic N) is 1. The molecule has 0 bridgehead atoms. The summed E-state index contributed by atoms with van der Waals surface area (Å²) in [6.45, 7) is 0. The Labute approximate surface area is 154 Å². The Hall–Kier alpha value is -2.50. The number of anilines is 2. The molecule has 2 aromatic rings. The summed E-state index contributed by atoms with van der Waals surface area (Å²) in [5.41, 5.74) is 0.505. The van der Waals surface area contributed by atoms with Crippen molar-refractivity contribution >= 4 is 54.7 Å². The maximum Gasteiger partial charge on any atom is 0.266 e. The first-order valence-electron chi connectivity index (χ1n) is 7.02. The van der Waals surface area contributed by atoms with E-state index in [1.165, 1.54) is 24.3 Å². The Kier molecular flexibility index (Phi) is 4.46. The Morgan fingerprint density at radius 2 is 1.88 bits per heavy atom. The highest BCUT2D eigenvalue weighted by molar-refractivity contribution is 7.92. The summed E-state index contributed by atoms with van der Waals surface area (Å²) in [6.07, 6.45) is 1.01. The molecule has 0 spiro atoms. The second-order valence-corrected chi connectivity index (χ2v) is 9.25. The van der Waals surface area contributed by atoms with Crippen LogP contribution in [0.3, 0.4) is 0 Å². The van der Waals surface area contributed by atoms with Crippen LogP contribution in [-0.2, 0) is 20.0 Å². The monoisotopic (exact) mass is 416 g/mol. The maximum absolute atomic E-state index is 12.3. The van der Waals surface area contributed by atoms with Crippen LogP contribution in [0.5, 0.6) is 5.75 Å². The minimum Gasteiger partial charge on any atom is -0.506 e. The molecule has 0 aromatic heterocycles. The Morgan fingerprint density at radius 1 is 1.19 bits per heavy atom. The SMILES string of the molecule is CS(=O)(=O)Nc1cccc(NC2=Nc3c(O)cc(Cl)cc3S(=O)(=O)N2)c1. The van der Waals surface area contributed by atoms with Gasteiger partial charge in [0.1, 0.15) is 16.3 Å². The average molecular weight is 417 g/mol. The van der Waals surface area contributed by atoms with Crippen LogP contribution in [0.1, 0.15) is 0 Å². The van der Waals surface area contributed by atoms with E-state index in [1.54, 1.807) is 12.1 Å². The zero-order valence-electron chi connectivity index (χ0n) is 13.2. The summed E-state index contributed by atoms with van der Waals surface area (Å²) in [5.74, 6) is -0.545. The van der Waals surface area contributed by atoms with Crippen LogP contribution in [0, 0.1) is 0 Å². The molecule has 0 unspecified atom stereocenters. The van der Waals surface area contributed by atoms with E-state index in [2.05, 4.69) is 19.8 Å². The first kappa shape index (κ1) is 18.3. The fourth-order valence-corrected chi connectivity index (χ4v) is 4.24. The van der Waals surface area contributed by atoms with Crippen LogP contribution < -0.4 is 14.8 Å². The number of sulfonamides is 2. The van der Waals surface area contributed by atoms with Crippen molar-refractivity contribution in [3.05, 3.63) is 41.4 Å². The third kappa shape index (κ3) is 4.00. The summed E-state index contributed by atoms with van der Waals surface area (Å²) in [5, 5.41) is 12.7. The molecular formula is C14H13ClN4O5S2. The van der Waals surface area contributed by atoms with E-state index in [-0.39, 0.29) is 33.0 Å². The number of nitrogens with one attached hydrogen (secondary N) is 3. The lowest BCUT2D eigenvalue weighted by Gasteiger charge is -2.20. The highest BCUT2D eigenvalue weighted by Crippen LogP contribution is 2.38. The number of phenolic OH excluding ortho intramolecular Hbond substituents is 1. The van der Waals surface area contributed by atoms with Gasteiger partial charge in [0, 0.05) is 16.8 Å². The molecule has 26 heavy (non-hydrogen) atoms. The van der Waals surface area contributed by atoms with Gasteiger partial charge in [-0.3, -0.25) is 4.72 Å². The standard InChI is InChI=1S/C14H13ClN4O5S2/c1-25(21,22)18-10-4-2-3-9(7-10)16-14-17-13-11(20)5-8(15)6-12(13)26(23,24)19-14/h2-7,18,20H,1H3,(H2,16,17,19). The van der Waals surface area contributed by atoms with Gasteiger partial charge in [-0.25, -0.2) is 26.6 Å². The lowest BCUT2D eigenvalue weighted by molar-refractivity contribution is 0.474. The number of hydrogen-bond acceptors (Lipinski definition) is 7. The Bertz CT molecular complexity index is 1130. The molecule has 0 atom stereocenters. The molecule has 0 saturated heterocycles. The number of guanidine groups is 1. The Balaban J connectivity index is 1.96. The second kappa shape index (κ2) is 6.34. The molecule has 0 radical (unpaired) electrons. The molecule has 12 heteroatoms.